The van der Waals surface area contributed by atoms with Crippen LogP contribution >= 0.6 is 15.9 Å². The molecule has 6 nitrogen and oxygen atoms in total. The van der Waals surface area contributed by atoms with Gasteiger partial charge >= 0.3 is 5.97 Å². The summed E-state index contributed by atoms with van der Waals surface area (Å²) in [5, 5.41) is 9.25. The van der Waals surface area contributed by atoms with E-state index in [0.717, 1.165) is 4.47 Å². The van der Waals surface area contributed by atoms with E-state index < -0.39 is 22.0 Å². The highest BCUT2D eigenvalue weighted by Crippen LogP contribution is 2.19. The molecule has 4 N–H and O–H groups in total. The maximum Gasteiger partial charge on any atom is 0.326 e. The lowest BCUT2D eigenvalue weighted by Crippen LogP contribution is -2.33. The fourth-order valence-corrected chi connectivity index (χ4v) is 3.19. The summed E-state index contributed by atoms with van der Waals surface area (Å²) in [6.45, 7) is 0. The van der Waals surface area contributed by atoms with Crippen molar-refractivity contribution in [2.45, 2.75) is 10.9 Å². The summed E-state index contributed by atoms with van der Waals surface area (Å²) in [4.78, 5) is 11.3. The maximum atomic E-state index is 12.2. The summed E-state index contributed by atoms with van der Waals surface area (Å²) in [5.41, 5.74) is 0.366. The fraction of sp³-hybridized carbons (Fsp3) is 0.0714. The highest BCUT2D eigenvalue weighted by molar-refractivity contribution is 9.10. The van der Waals surface area contributed by atoms with Gasteiger partial charge in [-0.25, -0.2) is 8.42 Å². The van der Waals surface area contributed by atoms with Crippen molar-refractivity contribution >= 4 is 31.9 Å². The first-order valence-electron chi connectivity index (χ1n) is 5.96. The average molecular weight is 388 g/mol. The van der Waals surface area contributed by atoms with E-state index in [4.69, 9.17) is 0 Å². The third-order valence-electron chi connectivity index (χ3n) is 2.78. The molecule has 0 aliphatic carbocycles. The van der Waals surface area contributed by atoms with Gasteiger partial charge in [0.15, 0.2) is 0 Å². The van der Waals surface area contributed by atoms with Crippen molar-refractivity contribution in [2.24, 2.45) is 0 Å². The molecule has 0 heterocycles. The van der Waals surface area contributed by atoms with E-state index in [9.17, 15) is 18.3 Å². The molecule has 0 aliphatic rings. The molecule has 0 fully saturated rings. The smallest absolute Gasteiger partial charge is 0.326 e. The van der Waals surface area contributed by atoms with Crippen LogP contribution < -0.4 is 4.72 Å². The molecule has 0 amide bonds. The van der Waals surface area contributed by atoms with Gasteiger partial charge in [0.05, 0.1) is 4.90 Å². The zero-order valence-electron chi connectivity index (χ0n) is 11.2. The van der Waals surface area contributed by atoms with Crippen molar-refractivity contribution < 1.29 is 23.8 Å². The number of hydrogen-bond donors (Lipinski definition) is 2. The van der Waals surface area contributed by atoms with Gasteiger partial charge in [-0.15, -0.1) is 0 Å². The molecule has 0 aliphatic heterocycles. The molecule has 0 aromatic heterocycles. The number of rotatable bonds is 5. The standard InChI is InChI=1S/C14H12BrNO4S.H2O/c15-11-6-8-12(9-7-11)21(19,20)16-13(14(17)18)10-4-2-1-3-5-10;/h1-9,13,16H,(H,17,18);1H2/t13-;/m1./s1. The molecule has 0 spiro atoms. The molecule has 1 atom stereocenters. The van der Waals surface area contributed by atoms with Crippen LogP contribution in [0.2, 0.25) is 0 Å². The molecule has 2 aromatic rings. The minimum Gasteiger partial charge on any atom is -0.480 e. The summed E-state index contributed by atoms with van der Waals surface area (Å²) >= 11 is 3.21. The molecule has 0 saturated carbocycles. The Hall–Kier alpha value is -1.74. The van der Waals surface area contributed by atoms with Crippen LogP contribution in [0.5, 0.6) is 0 Å². The second-order valence-corrected chi connectivity index (χ2v) is 6.89. The van der Waals surface area contributed by atoms with Crippen molar-refractivity contribution in [1.29, 1.82) is 0 Å². The second kappa shape index (κ2) is 7.50. The summed E-state index contributed by atoms with van der Waals surface area (Å²) in [6.07, 6.45) is 0. The predicted molar refractivity (Wildman–Crippen MR) is 84.9 cm³/mol. The first kappa shape index (κ1) is 18.3. The van der Waals surface area contributed by atoms with Crippen LogP contribution in [0.1, 0.15) is 11.6 Å². The zero-order valence-corrected chi connectivity index (χ0v) is 13.6. The molecule has 118 valence electrons. The molecule has 22 heavy (non-hydrogen) atoms. The van der Waals surface area contributed by atoms with Crippen LogP contribution in [0.25, 0.3) is 0 Å². The third-order valence-corrected chi connectivity index (χ3v) is 4.74. The van der Waals surface area contributed by atoms with E-state index in [1.807, 2.05) is 0 Å². The highest BCUT2D eigenvalue weighted by atomic mass is 79.9. The van der Waals surface area contributed by atoms with E-state index in [0.29, 0.717) is 5.56 Å². The van der Waals surface area contributed by atoms with Crippen molar-refractivity contribution in [3.63, 3.8) is 0 Å². The maximum absolute atomic E-state index is 12.2. The monoisotopic (exact) mass is 387 g/mol. The number of nitrogens with one attached hydrogen (secondary N) is 1. The van der Waals surface area contributed by atoms with Gasteiger partial charge in [0.1, 0.15) is 6.04 Å². The van der Waals surface area contributed by atoms with Crippen LogP contribution in [0.3, 0.4) is 0 Å². The minimum absolute atomic E-state index is 0. The normalized spacial score (nSPS) is 12.2. The quantitative estimate of drug-likeness (QED) is 0.812. The van der Waals surface area contributed by atoms with Crippen LogP contribution in [0.4, 0.5) is 0 Å². The number of hydrogen-bond acceptors (Lipinski definition) is 3. The van der Waals surface area contributed by atoms with Crippen LogP contribution in [-0.2, 0) is 14.8 Å². The van der Waals surface area contributed by atoms with E-state index >= 15 is 0 Å². The molecule has 8 heteroatoms. The van der Waals surface area contributed by atoms with Gasteiger partial charge in [-0.1, -0.05) is 46.3 Å². The third kappa shape index (κ3) is 4.38. The van der Waals surface area contributed by atoms with E-state index in [1.165, 1.54) is 12.1 Å². The summed E-state index contributed by atoms with van der Waals surface area (Å²) < 4.78 is 27.4. The van der Waals surface area contributed by atoms with Crippen LogP contribution in [0.15, 0.2) is 64.0 Å². The largest absolute Gasteiger partial charge is 0.480 e. The number of sulfonamides is 1. The van der Waals surface area contributed by atoms with E-state index in [-0.39, 0.29) is 10.4 Å². The van der Waals surface area contributed by atoms with Gasteiger partial charge in [-0.3, -0.25) is 4.79 Å². The topological polar surface area (TPSA) is 115 Å². The second-order valence-electron chi connectivity index (χ2n) is 4.26. The summed E-state index contributed by atoms with van der Waals surface area (Å²) in [7, 11) is -3.92. The molecule has 2 rings (SSSR count). The lowest BCUT2D eigenvalue weighted by Gasteiger charge is -2.15. The molecular weight excluding hydrogens is 374 g/mol. The number of carboxylic acids is 1. The van der Waals surface area contributed by atoms with Gasteiger partial charge in [-0.2, -0.15) is 4.72 Å². The van der Waals surface area contributed by atoms with Crippen LogP contribution in [0, 0.1) is 0 Å². The lowest BCUT2D eigenvalue weighted by molar-refractivity contribution is -0.139. The fourth-order valence-electron chi connectivity index (χ4n) is 1.74. The average Bonchev–Trinajstić information content (AvgIpc) is 2.46. The van der Waals surface area contributed by atoms with Crippen LogP contribution in [-0.4, -0.2) is 25.0 Å². The van der Waals surface area contributed by atoms with E-state index in [2.05, 4.69) is 20.7 Å². The Kier molecular flexibility index (Phi) is 6.24. The zero-order chi connectivity index (χ0) is 15.5. The predicted octanol–water partition coefficient (Wildman–Crippen LogP) is 1.73. The van der Waals surface area contributed by atoms with Crippen molar-refractivity contribution in [3.05, 3.63) is 64.6 Å². The Morgan fingerprint density at radius 1 is 1.05 bits per heavy atom. The Balaban J connectivity index is 0.00000242. The minimum atomic E-state index is -3.92. The molecule has 0 unspecified atom stereocenters. The molecule has 0 saturated heterocycles. The Morgan fingerprint density at radius 2 is 1.59 bits per heavy atom. The number of carboxylic acid groups (broad SMARTS) is 1. The van der Waals surface area contributed by atoms with Crippen molar-refractivity contribution in [1.82, 2.24) is 4.72 Å². The Morgan fingerprint density at radius 3 is 2.09 bits per heavy atom. The highest BCUT2D eigenvalue weighted by Gasteiger charge is 2.26. The van der Waals surface area contributed by atoms with E-state index in [1.54, 1.807) is 42.5 Å². The lowest BCUT2D eigenvalue weighted by atomic mass is 10.1. The summed E-state index contributed by atoms with van der Waals surface area (Å²) in [6, 6.07) is 12.8. The molecule has 0 bridgehead atoms. The van der Waals surface area contributed by atoms with Gasteiger partial charge in [-0.05, 0) is 29.8 Å². The number of benzene rings is 2. The number of carbonyl (C=O) groups is 1. The molecular formula is C14H14BrNO5S. The van der Waals surface area contributed by atoms with Gasteiger partial charge in [0, 0.05) is 4.47 Å². The van der Waals surface area contributed by atoms with Crippen molar-refractivity contribution in [2.75, 3.05) is 0 Å². The Labute approximate surface area is 136 Å². The van der Waals surface area contributed by atoms with Gasteiger partial charge in [0.25, 0.3) is 0 Å². The molecule has 0 radical (unpaired) electrons. The Bertz CT molecular complexity index is 732. The number of halogens is 1. The van der Waals surface area contributed by atoms with Crippen molar-refractivity contribution in [3.8, 4) is 0 Å². The first-order chi connectivity index (χ1) is 9.90. The van der Waals surface area contributed by atoms with Gasteiger partial charge in [0.2, 0.25) is 10.0 Å². The van der Waals surface area contributed by atoms with Gasteiger partial charge < -0.3 is 10.6 Å². The summed E-state index contributed by atoms with van der Waals surface area (Å²) in [5.74, 6) is -1.26. The SMILES string of the molecule is O.O=C(O)[C@H](NS(=O)(=O)c1ccc(Br)cc1)c1ccccc1. The number of aliphatic carboxylic acids is 1. The first-order valence-corrected chi connectivity index (χ1v) is 8.23. The molecule has 2 aromatic carbocycles.